The molecular formula is C52H81N17O19. The van der Waals surface area contributed by atoms with Gasteiger partial charge in [0.15, 0.2) is 5.96 Å². The van der Waals surface area contributed by atoms with E-state index in [2.05, 4.69) is 47.5 Å². The Kier molecular flexibility index (Phi) is 26.5. The van der Waals surface area contributed by atoms with Gasteiger partial charge < -0.3 is 105 Å². The summed E-state index contributed by atoms with van der Waals surface area (Å²) in [5, 5.41) is 57.4. The predicted octanol–water partition coefficient (Wildman–Crippen LogP) is -9.71. The molecule has 5 rings (SSSR count). The molecule has 488 valence electrons. The normalized spacial score (nSPS) is 21.4. The summed E-state index contributed by atoms with van der Waals surface area (Å²) in [7, 11) is 0. The molecule has 0 aromatic heterocycles. The maximum Gasteiger partial charge on any atom is 0.326 e. The van der Waals surface area contributed by atoms with Crippen LogP contribution in [-0.4, -0.2) is 279 Å². The first-order chi connectivity index (χ1) is 41.8. The van der Waals surface area contributed by atoms with Gasteiger partial charge in [0.1, 0.15) is 60.4 Å². The molecule has 0 aromatic carbocycles. The number of nitrogens with two attached hydrogens (primary N) is 3. The van der Waals surface area contributed by atoms with E-state index in [-0.39, 0.29) is 90.2 Å². The van der Waals surface area contributed by atoms with Crippen molar-refractivity contribution < 1.29 is 92.3 Å². The van der Waals surface area contributed by atoms with Crippen molar-refractivity contribution in [2.75, 3.05) is 78.7 Å². The van der Waals surface area contributed by atoms with Crippen molar-refractivity contribution in [2.45, 2.75) is 151 Å². The van der Waals surface area contributed by atoms with Crippen LogP contribution in [-0.2, 0) is 71.9 Å². The fourth-order valence-corrected chi connectivity index (χ4v) is 11.2. The van der Waals surface area contributed by atoms with Crippen molar-refractivity contribution in [3.8, 4) is 0 Å². The monoisotopic (exact) mass is 1250 g/mol. The van der Waals surface area contributed by atoms with Crippen LogP contribution in [0.2, 0.25) is 0 Å². The Labute approximate surface area is 504 Å². The molecule has 88 heavy (non-hydrogen) atoms. The van der Waals surface area contributed by atoms with Gasteiger partial charge in [0.05, 0.1) is 45.8 Å². The van der Waals surface area contributed by atoms with Gasteiger partial charge >= 0.3 is 11.9 Å². The molecule has 36 heteroatoms. The van der Waals surface area contributed by atoms with Crippen molar-refractivity contribution in [1.29, 1.82) is 0 Å². The number of nitrogens with one attached hydrogen (secondary N) is 8. The highest BCUT2D eigenvalue weighted by molar-refractivity contribution is 6.00. The summed E-state index contributed by atoms with van der Waals surface area (Å²) >= 11 is 0. The van der Waals surface area contributed by atoms with Crippen LogP contribution in [0.25, 0.3) is 0 Å². The van der Waals surface area contributed by atoms with Crippen LogP contribution >= 0.6 is 0 Å². The number of likely N-dealkylation sites (tertiary alicyclic amines) is 5. The molecule has 10 atom stereocenters. The maximum atomic E-state index is 14.3. The minimum absolute atomic E-state index is 0.0360. The number of aliphatic imine (C=N–C) groups is 1. The first-order valence-electron chi connectivity index (χ1n) is 29.1. The van der Waals surface area contributed by atoms with Crippen LogP contribution in [0.3, 0.4) is 0 Å². The van der Waals surface area contributed by atoms with Gasteiger partial charge in [-0.3, -0.25) is 72.1 Å². The third-order valence-electron chi connectivity index (χ3n) is 15.6. The molecule has 5 heterocycles. The Morgan fingerprint density at radius 2 is 0.966 bits per heavy atom. The summed E-state index contributed by atoms with van der Waals surface area (Å²) in [5.41, 5.74) is 15.8. The number of hydrogen-bond donors (Lipinski definition) is 15. The zero-order valence-electron chi connectivity index (χ0n) is 48.8. The van der Waals surface area contributed by atoms with E-state index >= 15 is 0 Å². The van der Waals surface area contributed by atoms with Crippen molar-refractivity contribution >= 4 is 94.7 Å². The van der Waals surface area contributed by atoms with E-state index in [0.29, 0.717) is 32.1 Å². The number of carbonyl (C=O) groups excluding carboxylic acids is 13. The van der Waals surface area contributed by atoms with Crippen LogP contribution in [0.5, 0.6) is 0 Å². The minimum Gasteiger partial charge on any atom is -0.481 e. The summed E-state index contributed by atoms with van der Waals surface area (Å²) < 4.78 is 0. The lowest BCUT2D eigenvalue weighted by Crippen LogP contribution is -2.58. The molecule has 0 unspecified atom stereocenters. The number of aliphatic hydroxyl groups excluding tert-OH is 2. The van der Waals surface area contributed by atoms with E-state index in [0.717, 1.165) is 4.90 Å². The number of carbonyl (C=O) groups is 15. The quantitative estimate of drug-likeness (QED) is 0.0180. The van der Waals surface area contributed by atoms with Gasteiger partial charge in [0.25, 0.3) is 0 Å². The molecule has 5 saturated heterocycles. The van der Waals surface area contributed by atoms with Crippen LogP contribution < -0.4 is 59.7 Å². The molecule has 5 aliphatic heterocycles. The van der Waals surface area contributed by atoms with E-state index < -0.39 is 195 Å². The van der Waals surface area contributed by atoms with E-state index in [4.69, 9.17) is 17.2 Å². The summed E-state index contributed by atoms with van der Waals surface area (Å²) in [6.45, 7) is -2.09. The van der Waals surface area contributed by atoms with Crippen molar-refractivity contribution in [3.63, 3.8) is 0 Å². The molecular weight excluding hydrogens is 1170 g/mol. The van der Waals surface area contributed by atoms with Gasteiger partial charge in [-0.15, -0.1) is 0 Å². The number of carboxylic acid groups (broad SMARTS) is 2. The van der Waals surface area contributed by atoms with Crippen molar-refractivity contribution in [1.82, 2.24) is 67.0 Å². The number of aliphatic hydroxyl groups is 2. The fraction of sp³-hybridized carbons (Fsp3) is 0.692. The fourth-order valence-electron chi connectivity index (χ4n) is 11.2. The van der Waals surface area contributed by atoms with Crippen LogP contribution in [0.15, 0.2) is 4.99 Å². The highest BCUT2D eigenvalue weighted by Crippen LogP contribution is 2.29. The third kappa shape index (κ3) is 19.1. The molecule has 5 aliphatic rings. The van der Waals surface area contributed by atoms with E-state index in [9.17, 15) is 92.3 Å². The first kappa shape index (κ1) is 70.0. The minimum atomic E-state index is -1.76. The Balaban J connectivity index is 1.07. The van der Waals surface area contributed by atoms with Gasteiger partial charge in [-0.2, -0.15) is 0 Å². The van der Waals surface area contributed by atoms with Crippen molar-refractivity contribution in [2.24, 2.45) is 22.2 Å². The highest BCUT2D eigenvalue weighted by Gasteiger charge is 2.47. The molecule has 36 nitrogen and oxygen atoms in total. The molecule has 0 saturated carbocycles. The van der Waals surface area contributed by atoms with Gasteiger partial charge in [-0.05, 0) is 84.0 Å². The molecule has 13 amide bonds. The van der Waals surface area contributed by atoms with Crippen LogP contribution in [0.1, 0.15) is 90.4 Å². The lowest BCUT2D eigenvalue weighted by Gasteiger charge is -2.34. The van der Waals surface area contributed by atoms with Crippen LogP contribution in [0.4, 0.5) is 0 Å². The third-order valence-corrected chi connectivity index (χ3v) is 15.6. The molecule has 0 aliphatic carbocycles. The molecule has 0 spiro atoms. The van der Waals surface area contributed by atoms with Gasteiger partial charge in [-0.25, -0.2) is 4.79 Å². The van der Waals surface area contributed by atoms with Gasteiger partial charge in [-0.1, -0.05) is 0 Å². The largest absolute Gasteiger partial charge is 0.481 e. The molecule has 0 radical (unpaired) electrons. The summed E-state index contributed by atoms with van der Waals surface area (Å²) in [4.78, 5) is 206. The second-order valence-electron chi connectivity index (χ2n) is 21.8. The lowest BCUT2D eigenvalue weighted by atomic mass is 10.1. The van der Waals surface area contributed by atoms with Gasteiger partial charge in [0, 0.05) is 39.3 Å². The Morgan fingerprint density at radius 3 is 1.51 bits per heavy atom. The summed E-state index contributed by atoms with van der Waals surface area (Å²) in [5.74, 6) is -13.2. The number of carboxylic acids is 2. The zero-order valence-corrected chi connectivity index (χ0v) is 48.8. The Hall–Kier alpha value is -8.80. The number of hydrogen-bond acceptors (Lipinski definition) is 19. The number of rotatable bonds is 30. The molecule has 5 fully saturated rings. The summed E-state index contributed by atoms with van der Waals surface area (Å²) in [6.07, 6.45) is 2.14. The smallest absolute Gasteiger partial charge is 0.326 e. The number of guanidine groups is 1. The second kappa shape index (κ2) is 33.4. The average molecular weight is 1250 g/mol. The lowest BCUT2D eigenvalue weighted by molar-refractivity contribution is -0.150. The van der Waals surface area contributed by atoms with E-state index in [1.807, 2.05) is 0 Å². The summed E-state index contributed by atoms with van der Waals surface area (Å²) in [6, 6.07) is -12.7. The SMILES string of the molecule is C[C@H](NC(=O)[C@@H]1CCCN1C(=O)CNC(=O)[C@H](CO)NC(=O)[C@@H]1CCCN1C(=O)[C@@H]1CCCN1C(=O)[C@@H]1CCCN1C(=O)CNC(=O)[C@@H]1CCCN1C(=O)[C@H](CO)NC(=O)CN)C(=O)NCC(=O)N[C@@H](CC(=O)O)C(=O)N[C@@H](CCCN=C(N)N)C(=O)O. The first-order valence-corrected chi connectivity index (χ1v) is 29.1. The number of nitrogens with zero attached hydrogens (tertiary/aromatic N) is 6. The molecule has 0 aromatic rings. The number of amides is 13. The van der Waals surface area contributed by atoms with E-state index in [1.165, 1.54) is 26.5 Å². The second-order valence-corrected chi connectivity index (χ2v) is 21.8. The van der Waals surface area contributed by atoms with E-state index in [1.54, 1.807) is 0 Å². The average Bonchev–Trinajstić information content (AvgIpc) is 2.85. The zero-order chi connectivity index (χ0) is 64.9. The maximum absolute atomic E-state index is 14.3. The van der Waals surface area contributed by atoms with Gasteiger partial charge in [0.2, 0.25) is 76.8 Å². The topological polar surface area (TPSA) is 540 Å². The molecule has 18 N–H and O–H groups in total. The Morgan fingerprint density at radius 1 is 0.500 bits per heavy atom. The number of aliphatic carboxylic acids is 2. The van der Waals surface area contributed by atoms with Crippen molar-refractivity contribution in [3.05, 3.63) is 0 Å². The predicted molar refractivity (Wildman–Crippen MR) is 301 cm³/mol. The molecule has 0 bridgehead atoms. The highest BCUT2D eigenvalue weighted by atomic mass is 16.4. The Bertz CT molecular complexity index is 2680. The van der Waals surface area contributed by atoms with Crippen LogP contribution in [0, 0.1) is 0 Å². The standard InChI is InChI=1S/C52H81N17O19/c1-27(42(78)57-22-38(73)61-29(20-41(76)77)44(80)63-28(51(87)88)8-2-14-56-52(54)55)60-46(82)33-10-3-15-65(33)39(74)23-58-43(79)30(25-70)64-47(83)34-11-5-18-68(34)50(86)36-13-7-19-69(36)49(85)35-12-6-16-66(35)40(75)24-59-45(81)32-9-4-17-67(32)48(84)31(26-71)62-37(72)21-53/h27-36,70-71H,2-26,53H2,1H3,(H,57,78)(H,58,79)(H,59,81)(H,60,82)(H,61,73)(H,62,72)(H,63,80)(H,64,83)(H,76,77)(H,87,88)(H4,54,55,56)/t27-,28-,29-,30-,31-,32-,33-,34-,35-,36-/m0/s1.